The zero-order valence-corrected chi connectivity index (χ0v) is 22.8. The first kappa shape index (κ1) is 29.2. The zero-order chi connectivity index (χ0) is 30.2. The van der Waals surface area contributed by atoms with Crippen molar-refractivity contribution in [3.05, 3.63) is 56.6 Å². The molecular weight excluding hydrogens is 584 g/mol. The van der Waals surface area contributed by atoms with Crippen LogP contribution in [0.2, 0.25) is 0 Å². The standard InChI is InChI=1S/C23H22N6O10S2/c1-23(2,21(36)37)39-27-14(11-8-41-22(24)25-11)17(32)26-15-18(33)29-16(20(34)35)9(7-40-19(15)29)3-4-10-5-12(30)13(31)6-28(10)38/h3-6,8,15,19,31,38H,7H2,1-2H3,(H2,24,25)(H,26,32)(H,34,35)(H,36,37)/b4-3?,27-14-/t15-,19-/m1/s1. The average Bonchev–Trinajstić information content (AvgIpc) is 3.33. The Morgan fingerprint density at radius 3 is 2.59 bits per heavy atom. The van der Waals surface area contributed by atoms with Gasteiger partial charge in [-0.2, -0.15) is 4.73 Å². The fourth-order valence-electron chi connectivity index (χ4n) is 3.62. The summed E-state index contributed by atoms with van der Waals surface area (Å²) < 4.78 is 0.476. The molecule has 0 radical (unpaired) electrons. The molecule has 2 aliphatic rings. The quantitative estimate of drug-likeness (QED) is 0.0943. The van der Waals surface area contributed by atoms with Crippen molar-refractivity contribution >= 4 is 63.8 Å². The van der Waals surface area contributed by atoms with Gasteiger partial charge in [0.15, 0.2) is 16.6 Å². The molecule has 2 aromatic rings. The molecule has 1 saturated heterocycles. The smallest absolute Gasteiger partial charge is 0.352 e. The Hall–Kier alpha value is -4.84. The minimum absolute atomic E-state index is 0.0266. The Morgan fingerprint density at radius 2 is 1.98 bits per heavy atom. The van der Waals surface area contributed by atoms with Crippen LogP contribution >= 0.6 is 23.1 Å². The number of carbonyl (C=O) groups is 4. The van der Waals surface area contributed by atoms with Crippen molar-refractivity contribution < 1.29 is 44.5 Å². The molecule has 0 aromatic carbocycles. The maximum Gasteiger partial charge on any atom is 0.352 e. The van der Waals surface area contributed by atoms with Crippen molar-refractivity contribution in [3.63, 3.8) is 0 Å². The molecule has 4 rings (SSSR count). The van der Waals surface area contributed by atoms with E-state index in [1.54, 1.807) is 0 Å². The summed E-state index contributed by atoms with van der Waals surface area (Å²) in [6, 6.07) is -0.233. The van der Waals surface area contributed by atoms with Gasteiger partial charge in [0.05, 0.1) is 11.9 Å². The van der Waals surface area contributed by atoms with Crippen molar-refractivity contribution in [2.75, 3.05) is 11.5 Å². The molecule has 2 atom stereocenters. The molecule has 216 valence electrons. The Labute approximate surface area is 238 Å². The predicted octanol–water partition coefficient (Wildman–Crippen LogP) is -0.134. The van der Waals surface area contributed by atoms with Gasteiger partial charge in [-0.05, 0) is 25.5 Å². The molecule has 16 nitrogen and oxygen atoms in total. The molecule has 2 amide bonds. The summed E-state index contributed by atoms with van der Waals surface area (Å²) in [5, 5.41) is 45.3. The van der Waals surface area contributed by atoms with Crippen LogP contribution in [0.5, 0.6) is 5.75 Å². The lowest BCUT2D eigenvalue weighted by Gasteiger charge is -2.49. The second-order valence-corrected chi connectivity index (χ2v) is 11.1. The van der Waals surface area contributed by atoms with Crippen LogP contribution in [0.3, 0.4) is 0 Å². The summed E-state index contributed by atoms with van der Waals surface area (Å²) in [5.74, 6) is -5.07. The van der Waals surface area contributed by atoms with Gasteiger partial charge in [0, 0.05) is 17.2 Å². The largest absolute Gasteiger partial charge is 0.503 e. The number of rotatable bonds is 9. The monoisotopic (exact) mass is 606 g/mol. The number of pyridine rings is 1. The minimum Gasteiger partial charge on any atom is -0.503 e. The van der Waals surface area contributed by atoms with Crippen LogP contribution in [0.15, 0.2) is 44.9 Å². The lowest BCUT2D eigenvalue weighted by molar-refractivity contribution is -0.161. The fourth-order valence-corrected chi connectivity index (χ4v) is 5.49. The average molecular weight is 607 g/mol. The molecule has 18 heteroatoms. The highest BCUT2D eigenvalue weighted by atomic mass is 32.2. The number of β-lactam (4-membered cyclic amide) rings is 1. The van der Waals surface area contributed by atoms with E-state index in [2.05, 4.69) is 15.5 Å². The van der Waals surface area contributed by atoms with E-state index in [1.165, 1.54) is 31.4 Å². The summed E-state index contributed by atoms with van der Waals surface area (Å²) in [5.41, 5.74) is 2.38. The zero-order valence-electron chi connectivity index (χ0n) is 21.2. The fraction of sp³-hybridized carbons (Fsp3) is 0.261. The van der Waals surface area contributed by atoms with Crippen LogP contribution in [-0.2, 0) is 24.0 Å². The van der Waals surface area contributed by atoms with E-state index in [1.807, 2.05) is 0 Å². The number of thiazole rings is 1. The number of allylic oxidation sites excluding steroid dienone is 1. The number of nitrogens with two attached hydrogens (primary N) is 1. The van der Waals surface area contributed by atoms with Crippen molar-refractivity contribution in [2.24, 2.45) is 5.16 Å². The van der Waals surface area contributed by atoms with Gasteiger partial charge in [-0.1, -0.05) is 11.2 Å². The number of nitrogens with zero attached hydrogens (tertiary/aromatic N) is 4. The number of nitrogens with one attached hydrogen (secondary N) is 1. The number of aliphatic carboxylic acids is 2. The number of thioether (sulfide) groups is 1. The maximum absolute atomic E-state index is 13.2. The number of anilines is 1. The molecule has 0 spiro atoms. The highest BCUT2D eigenvalue weighted by Crippen LogP contribution is 2.40. The number of carboxylic acid groups (broad SMARTS) is 2. The second-order valence-electron chi connectivity index (χ2n) is 9.08. The topological polar surface area (TPSA) is 247 Å². The first-order chi connectivity index (χ1) is 19.2. The number of carbonyl (C=O) groups excluding carboxylic acids is 2. The van der Waals surface area contributed by atoms with E-state index in [9.17, 15) is 44.5 Å². The van der Waals surface area contributed by atoms with Gasteiger partial charge in [-0.15, -0.1) is 23.1 Å². The molecular formula is C23H22N6O10S2. The number of hydrogen-bond donors (Lipinski definition) is 6. The van der Waals surface area contributed by atoms with Crippen LogP contribution in [0.1, 0.15) is 25.2 Å². The maximum atomic E-state index is 13.2. The lowest BCUT2D eigenvalue weighted by atomic mass is 10.0. The number of aromatic hydroxyl groups is 1. The summed E-state index contributed by atoms with van der Waals surface area (Å²) in [7, 11) is 0. The number of oxime groups is 1. The van der Waals surface area contributed by atoms with E-state index in [0.717, 1.165) is 40.3 Å². The number of carboxylic acids is 2. The van der Waals surface area contributed by atoms with Crippen molar-refractivity contribution in [2.45, 2.75) is 30.9 Å². The van der Waals surface area contributed by atoms with E-state index in [-0.39, 0.29) is 33.5 Å². The third-order valence-corrected chi connectivity index (χ3v) is 7.82. The van der Waals surface area contributed by atoms with Gasteiger partial charge in [-0.3, -0.25) is 19.3 Å². The molecule has 4 heterocycles. The SMILES string of the molecule is CC(C)(O/N=C(\C(=O)N[C@@H]1C(=O)N2C(C(=O)O)=C(C=Cc3cc(=O)c(O)cn3O)CS[C@H]12)c1csc(N)n1)C(=O)O. The van der Waals surface area contributed by atoms with Crippen LogP contribution in [0, 0.1) is 0 Å². The van der Waals surface area contributed by atoms with Crippen molar-refractivity contribution in [1.82, 2.24) is 19.9 Å². The first-order valence-corrected chi connectivity index (χ1v) is 13.4. The summed E-state index contributed by atoms with van der Waals surface area (Å²) in [6.07, 6.45) is 3.32. The lowest BCUT2D eigenvalue weighted by Crippen LogP contribution is -2.71. The molecule has 0 unspecified atom stereocenters. The molecule has 41 heavy (non-hydrogen) atoms. The first-order valence-electron chi connectivity index (χ1n) is 11.5. The van der Waals surface area contributed by atoms with Gasteiger partial charge in [0.1, 0.15) is 22.8 Å². The summed E-state index contributed by atoms with van der Waals surface area (Å²) in [6.45, 7) is 2.42. The molecule has 1 fully saturated rings. The Balaban J connectivity index is 1.57. The summed E-state index contributed by atoms with van der Waals surface area (Å²) in [4.78, 5) is 71.4. The molecule has 7 N–H and O–H groups in total. The molecule has 2 aliphatic heterocycles. The van der Waals surface area contributed by atoms with Crippen LogP contribution in [-0.4, -0.2) is 87.4 Å². The highest BCUT2D eigenvalue weighted by molar-refractivity contribution is 8.00. The van der Waals surface area contributed by atoms with E-state index >= 15 is 0 Å². The number of aromatic nitrogens is 2. The summed E-state index contributed by atoms with van der Waals surface area (Å²) >= 11 is 2.12. The van der Waals surface area contributed by atoms with Crippen LogP contribution in [0.25, 0.3) is 6.08 Å². The van der Waals surface area contributed by atoms with Gasteiger partial charge in [-0.25, -0.2) is 14.6 Å². The van der Waals surface area contributed by atoms with Gasteiger partial charge in [0.25, 0.3) is 11.8 Å². The van der Waals surface area contributed by atoms with E-state index < -0.39 is 57.7 Å². The predicted molar refractivity (Wildman–Crippen MR) is 144 cm³/mol. The van der Waals surface area contributed by atoms with Gasteiger partial charge >= 0.3 is 11.9 Å². The van der Waals surface area contributed by atoms with Gasteiger partial charge in [0.2, 0.25) is 11.0 Å². The second kappa shape index (κ2) is 11.0. The Kier molecular flexibility index (Phi) is 7.80. The van der Waals surface area contributed by atoms with Crippen molar-refractivity contribution in [1.29, 1.82) is 0 Å². The number of fused-ring (bicyclic) bond motifs is 1. The van der Waals surface area contributed by atoms with Crippen molar-refractivity contribution in [3.8, 4) is 5.75 Å². The van der Waals surface area contributed by atoms with Crippen LogP contribution < -0.4 is 16.5 Å². The number of hydrogen-bond acceptors (Lipinski definition) is 13. The van der Waals surface area contributed by atoms with Gasteiger partial charge < -0.3 is 36.4 Å². The van der Waals surface area contributed by atoms with E-state index in [4.69, 9.17) is 10.6 Å². The molecule has 2 aromatic heterocycles. The molecule has 0 saturated carbocycles. The highest BCUT2D eigenvalue weighted by Gasteiger charge is 2.54. The number of nitrogen functional groups attached to an aromatic ring is 1. The molecule has 0 bridgehead atoms. The third-order valence-electron chi connectivity index (χ3n) is 5.84. The minimum atomic E-state index is -1.80. The third kappa shape index (κ3) is 5.73. The van der Waals surface area contributed by atoms with E-state index in [0.29, 0.717) is 4.73 Å². The normalized spacial score (nSPS) is 19.1. The number of amides is 2. The van der Waals surface area contributed by atoms with Crippen LogP contribution in [0.4, 0.5) is 5.13 Å². The Bertz CT molecular complexity index is 1610. The molecule has 0 aliphatic carbocycles. The Morgan fingerprint density at radius 1 is 1.27 bits per heavy atom.